The summed E-state index contributed by atoms with van der Waals surface area (Å²) < 4.78 is 10.5. The van der Waals surface area contributed by atoms with E-state index in [1.54, 1.807) is 6.07 Å². The summed E-state index contributed by atoms with van der Waals surface area (Å²) in [6, 6.07) is 12.8. The van der Waals surface area contributed by atoms with Crippen molar-refractivity contribution < 1.29 is 29.3 Å². The number of carbonyl (C=O) groups is 2. The number of likely N-dealkylation sites (tertiary alicyclic amines) is 1. The first-order valence-electron chi connectivity index (χ1n) is 11.0. The Balaban J connectivity index is 1.67. The van der Waals surface area contributed by atoms with Crippen LogP contribution in [0.2, 0.25) is 0 Å². The zero-order chi connectivity index (χ0) is 23.4. The highest BCUT2D eigenvalue weighted by atomic mass is 16.5. The number of amides is 1. The molecule has 2 aliphatic heterocycles. The fraction of sp³-hybridized carbons (Fsp3) is 0.360. The molecule has 2 aromatic rings. The van der Waals surface area contributed by atoms with Crippen LogP contribution in [0.15, 0.2) is 54.1 Å². The summed E-state index contributed by atoms with van der Waals surface area (Å²) in [6.45, 7) is 4.23. The lowest BCUT2D eigenvalue weighted by Gasteiger charge is -2.29. The van der Waals surface area contributed by atoms with Gasteiger partial charge in [-0.2, -0.15) is 0 Å². The monoisotopic (exact) mass is 452 g/mol. The van der Waals surface area contributed by atoms with E-state index in [9.17, 15) is 19.8 Å². The Kier molecular flexibility index (Phi) is 6.96. The van der Waals surface area contributed by atoms with Gasteiger partial charge in [-0.15, -0.1) is 0 Å². The Morgan fingerprint density at radius 2 is 1.82 bits per heavy atom. The Morgan fingerprint density at radius 3 is 2.48 bits per heavy atom. The number of hydrogen-bond acceptors (Lipinski definition) is 7. The fourth-order valence-corrected chi connectivity index (χ4v) is 4.37. The molecule has 0 aliphatic carbocycles. The highest BCUT2D eigenvalue weighted by Gasteiger charge is 2.46. The number of ether oxygens (including phenoxy) is 2. The van der Waals surface area contributed by atoms with Gasteiger partial charge in [-0.05, 0) is 24.1 Å². The lowest BCUT2D eigenvalue weighted by atomic mass is 9.95. The van der Waals surface area contributed by atoms with Gasteiger partial charge >= 0.3 is 0 Å². The summed E-state index contributed by atoms with van der Waals surface area (Å²) in [4.78, 5) is 29.9. The van der Waals surface area contributed by atoms with E-state index < -0.39 is 23.5 Å². The van der Waals surface area contributed by atoms with Crippen LogP contribution in [0.25, 0.3) is 5.76 Å². The lowest BCUT2D eigenvalue weighted by molar-refractivity contribution is -0.140. The van der Waals surface area contributed by atoms with Crippen LogP contribution in [0, 0.1) is 0 Å². The van der Waals surface area contributed by atoms with E-state index in [0.29, 0.717) is 31.9 Å². The van der Waals surface area contributed by atoms with Crippen LogP contribution in [-0.4, -0.2) is 78.2 Å². The van der Waals surface area contributed by atoms with E-state index in [1.807, 2.05) is 30.3 Å². The first-order chi connectivity index (χ1) is 16.0. The summed E-state index contributed by atoms with van der Waals surface area (Å²) >= 11 is 0. The van der Waals surface area contributed by atoms with E-state index in [1.165, 1.54) is 24.1 Å². The number of phenols is 1. The molecule has 8 nitrogen and oxygen atoms in total. The molecule has 2 heterocycles. The maximum Gasteiger partial charge on any atom is 0.295 e. The third-order valence-electron chi connectivity index (χ3n) is 6.09. The zero-order valence-electron chi connectivity index (χ0n) is 18.6. The first-order valence-corrected chi connectivity index (χ1v) is 11.0. The Bertz CT molecular complexity index is 1050. The van der Waals surface area contributed by atoms with Crippen molar-refractivity contribution in [3.8, 4) is 11.5 Å². The van der Waals surface area contributed by atoms with Gasteiger partial charge in [0.05, 0.1) is 37.5 Å². The van der Waals surface area contributed by atoms with Crippen molar-refractivity contribution in [3.05, 3.63) is 65.2 Å². The van der Waals surface area contributed by atoms with Crippen LogP contribution in [0.5, 0.6) is 11.5 Å². The molecule has 2 N–H and O–H groups in total. The number of rotatable bonds is 7. The molecular formula is C25H28N2O6. The van der Waals surface area contributed by atoms with Crippen LogP contribution < -0.4 is 4.74 Å². The zero-order valence-corrected chi connectivity index (χ0v) is 18.6. The van der Waals surface area contributed by atoms with Gasteiger partial charge in [0.25, 0.3) is 11.7 Å². The van der Waals surface area contributed by atoms with Gasteiger partial charge in [0.2, 0.25) is 0 Å². The van der Waals surface area contributed by atoms with Gasteiger partial charge < -0.3 is 24.6 Å². The predicted octanol–water partition coefficient (Wildman–Crippen LogP) is 2.54. The topological polar surface area (TPSA) is 99.5 Å². The molecule has 2 aliphatic rings. The fourth-order valence-electron chi connectivity index (χ4n) is 4.37. The van der Waals surface area contributed by atoms with Crippen molar-refractivity contribution in [3.63, 3.8) is 0 Å². The summed E-state index contributed by atoms with van der Waals surface area (Å²) in [5.74, 6) is -1.65. The second kappa shape index (κ2) is 10.1. The number of hydrogen-bond donors (Lipinski definition) is 2. The Morgan fingerprint density at radius 1 is 1.09 bits per heavy atom. The van der Waals surface area contributed by atoms with Crippen molar-refractivity contribution >= 4 is 17.4 Å². The molecule has 33 heavy (non-hydrogen) atoms. The molecular weight excluding hydrogens is 424 g/mol. The third-order valence-corrected chi connectivity index (χ3v) is 6.09. The summed E-state index contributed by atoms with van der Waals surface area (Å²) in [5, 5.41) is 21.5. The Labute approximate surface area is 192 Å². The van der Waals surface area contributed by atoms with Crippen LogP contribution >= 0.6 is 0 Å². The van der Waals surface area contributed by atoms with Gasteiger partial charge in [0.15, 0.2) is 0 Å². The molecule has 0 spiro atoms. The number of carbonyl (C=O) groups excluding carboxylic acids is 2. The number of morpholine rings is 1. The molecule has 0 radical (unpaired) electrons. The van der Waals surface area contributed by atoms with E-state index >= 15 is 0 Å². The minimum Gasteiger partial charge on any atom is -0.507 e. The van der Waals surface area contributed by atoms with E-state index in [2.05, 4.69) is 4.90 Å². The molecule has 174 valence electrons. The maximum atomic E-state index is 13.1. The SMILES string of the molecule is COc1ccc(C(O)=C2C(=O)C(=O)N(CCCN3CCOCC3)C2c2ccccc2)c(O)c1. The maximum absolute atomic E-state index is 13.1. The quantitative estimate of drug-likeness (QED) is 0.378. The van der Waals surface area contributed by atoms with Crippen molar-refractivity contribution in [2.45, 2.75) is 12.5 Å². The highest BCUT2D eigenvalue weighted by molar-refractivity contribution is 6.46. The van der Waals surface area contributed by atoms with E-state index in [0.717, 1.165) is 25.2 Å². The van der Waals surface area contributed by atoms with Crippen LogP contribution in [0.4, 0.5) is 0 Å². The molecule has 1 amide bonds. The van der Waals surface area contributed by atoms with E-state index in [-0.39, 0.29) is 16.9 Å². The minimum absolute atomic E-state index is 0.0296. The number of methoxy groups -OCH3 is 1. The van der Waals surface area contributed by atoms with Crippen molar-refractivity contribution in [2.24, 2.45) is 0 Å². The predicted molar refractivity (Wildman–Crippen MR) is 122 cm³/mol. The standard InChI is InChI=1S/C25H28N2O6/c1-32-18-8-9-19(20(28)16-18)23(29)21-22(17-6-3-2-4-7-17)27(25(31)24(21)30)11-5-10-26-12-14-33-15-13-26/h2-4,6-9,16,22,28-29H,5,10-15H2,1H3. The highest BCUT2D eigenvalue weighted by Crippen LogP contribution is 2.41. The number of ketones is 1. The summed E-state index contributed by atoms with van der Waals surface area (Å²) in [5.41, 5.74) is 0.763. The average Bonchev–Trinajstić information content (AvgIpc) is 3.10. The molecule has 2 saturated heterocycles. The van der Waals surface area contributed by atoms with Gasteiger partial charge in [0, 0.05) is 32.2 Å². The van der Waals surface area contributed by atoms with Gasteiger partial charge in [-0.3, -0.25) is 14.5 Å². The molecule has 2 fully saturated rings. The van der Waals surface area contributed by atoms with Crippen LogP contribution in [0.3, 0.4) is 0 Å². The summed E-state index contributed by atoms with van der Waals surface area (Å²) in [7, 11) is 1.46. The molecule has 1 atom stereocenters. The summed E-state index contributed by atoms with van der Waals surface area (Å²) in [6.07, 6.45) is 0.685. The number of phenolic OH excluding ortho intramolecular Hbond substituents is 1. The molecule has 0 saturated carbocycles. The largest absolute Gasteiger partial charge is 0.507 e. The normalized spacial score (nSPS) is 20.9. The second-order valence-electron chi connectivity index (χ2n) is 8.09. The number of Topliss-reactive ketones (excluding diaryl/α,β-unsaturated/α-hetero) is 1. The first kappa shape index (κ1) is 22.8. The number of aliphatic hydroxyl groups excluding tert-OH is 1. The number of aliphatic hydroxyl groups is 1. The van der Waals surface area contributed by atoms with Gasteiger partial charge in [0.1, 0.15) is 17.3 Å². The molecule has 2 aromatic carbocycles. The smallest absolute Gasteiger partial charge is 0.295 e. The van der Waals surface area contributed by atoms with Crippen LogP contribution in [0.1, 0.15) is 23.6 Å². The average molecular weight is 453 g/mol. The molecule has 8 heteroatoms. The molecule has 0 aromatic heterocycles. The lowest BCUT2D eigenvalue weighted by Crippen LogP contribution is -2.38. The number of nitrogens with zero attached hydrogens (tertiary/aromatic N) is 2. The van der Waals surface area contributed by atoms with Gasteiger partial charge in [-0.1, -0.05) is 30.3 Å². The van der Waals surface area contributed by atoms with Crippen LogP contribution in [-0.2, 0) is 14.3 Å². The molecule has 1 unspecified atom stereocenters. The van der Waals surface area contributed by atoms with Crippen molar-refractivity contribution in [2.75, 3.05) is 46.5 Å². The van der Waals surface area contributed by atoms with Gasteiger partial charge in [-0.25, -0.2) is 0 Å². The molecule has 4 rings (SSSR count). The van der Waals surface area contributed by atoms with E-state index in [4.69, 9.17) is 9.47 Å². The van der Waals surface area contributed by atoms with Crippen molar-refractivity contribution in [1.82, 2.24) is 9.80 Å². The number of aromatic hydroxyl groups is 1. The van der Waals surface area contributed by atoms with Crippen molar-refractivity contribution in [1.29, 1.82) is 0 Å². The third kappa shape index (κ3) is 4.72. The number of benzene rings is 2. The molecule has 0 bridgehead atoms. The second-order valence-corrected chi connectivity index (χ2v) is 8.09. The Hall–Kier alpha value is -3.36. The minimum atomic E-state index is -0.761.